The largest absolute Gasteiger partial charge is 0.495 e. The van der Waals surface area contributed by atoms with E-state index in [0.29, 0.717) is 34.8 Å². The highest BCUT2D eigenvalue weighted by Gasteiger charge is 2.45. The first-order chi connectivity index (χ1) is 12.5. The number of nitrogens with zero attached hydrogens (tertiary/aromatic N) is 2. The third-order valence-corrected chi connectivity index (χ3v) is 6.37. The molecule has 1 saturated carbocycles. The normalized spacial score (nSPS) is 30.8. The Morgan fingerprint density at radius 3 is 2.81 bits per heavy atom. The van der Waals surface area contributed by atoms with Crippen molar-refractivity contribution in [3.8, 4) is 5.75 Å². The summed E-state index contributed by atoms with van der Waals surface area (Å²) in [5.41, 5.74) is 6.80. The fourth-order valence-electron chi connectivity index (χ4n) is 4.73. The third kappa shape index (κ3) is 2.95. The second-order valence-electron chi connectivity index (χ2n) is 7.63. The third-order valence-electron chi connectivity index (χ3n) is 6.13. The van der Waals surface area contributed by atoms with Crippen molar-refractivity contribution in [2.45, 2.75) is 25.3 Å². The van der Waals surface area contributed by atoms with E-state index in [-0.39, 0.29) is 30.2 Å². The Morgan fingerprint density at radius 2 is 2.08 bits per heavy atom. The standard InChI is InChI=1S/C19H24ClN3O3/c1-26-17-5-3-13(20)7-16(17)23-9-12(6-18(23)24)19(25)22-8-11-2-4-15(21)14(11)10-22/h3,5,7,11-12,14-15H,2,4,6,8-10,21H2,1H3. The first-order valence-corrected chi connectivity index (χ1v) is 9.54. The van der Waals surface area contributed by atoms with Gasteiger partial charge in [0.15, 0.2) is 0 Å². The summed E-state index contributed by atoms with van der Waals surface area (Å²) in [6.45, 7) is 1.88. The van der Waals surface area contributed by atoms with Crippen LogP contribution in [-0.2, 0) is 9.59 Å². The average molecular weight is 378 g/mol. The summed E-state index contributed by atoms with van der Waals surface area (Å²) in [5.74, 6) is 1.21. The molecule has 4 atom stereocenters. The molecule has 140 valence electrons. The van der Waals surface area contributed by atoms with E-state index >= 15 is 0 Å². The number of hydrogen-bond donors (Lipinski definition) is 1. The number of benzene rings is 1. The predicted molar refractivity (Wildman–Crippen MR) is 99.2 cm³/mol. The van der Waals surface area contributed by atoms with E-state index in [4.69, 9.17) is 22.1 Å². The highest BCUT2D eigenvalue weighted by atomic mass is 35.5. The van der Waals surface area contributed by atoms with Crippen molar-refractivity contribution in [2.75, 3.05) is 31.6 Å². The smallest absolute Gasteiger partial charge is 0.228 e. The maximum Gasteiger partial charge on any atom is 0.228 e. The minimum absolute atomic E-state index is 0.0694. The first kappa shape index (κ1) is 17.6. The Balaban J connectivity index is 1.48. The summed E-state index contributed by atoms with van der Waals surface area (Å²) >= 11 is 6.09. The number of nitrogens with two attached hydrogens (primary N) is 1. The van der Waals surface area contributed by atoms with Gasteiger partial charge < -0.3 is 20.3 Å². The molecule has 2 N–H and O–H groups in total. The topological polar surface area (TPSA) is 75.9 Å². The zero-order valence-electron chi connectivity index (χ0n) is 14.9. The molecular formula is C19H24ClN3O3. The lowest BCUT2D eigenvalue weighted by Crippen LogP contribution is -2.38. The number of fused-ring (bicyclic) bond motifs is 1. The molecule has 7 heteroatoms. The van der Waals surface area contributed by atoms with E-state index in [1.807, 2.05) is 4.90 Å². The molecule has 0 spiro atoms. The lowest BCUT2D eigenvalue weighted by atomic mass is 9.98. The second-order valence-corrected chi connectivity index (χ2v) is 8.07. The van der Waals surface area contributed by atoms with Crippen LogP contribution in [0.15, 0.2) is 18.2 Å². The number of amides is 2. The molecule has 3 fully saturated rings. The van der Waals surface area contributed by atoms with Crippen molar-refractivity contribution in [2.24, 2.45) is 23.5 Å². The van der Waals surface area contributed by atoms with Gasteiger partial charge in [0.25, 0.3) is 0 Å². The molecule has 1 aromatic rings. The zero-order chi connectivity index (χ0) is 18.4. The molecule has 2 heterocycles. The molecule has 3 aliphatic rings. The predicted octanol–water partition coefficient (Wildman–Crippen LogP) is 1.90. The Bertz CT molecular complexity index is 741. The molecule has 2 amide bonds. The van der Waals surface area contributed by atoms with E-state index < -0.39 is 0 Å². The summed E-state index contributed by atoms with van der Waals surface area (Å²) in [5, 5.41) is 0.532. The van der Waals surface area contributed by atoms with Gasteiger partial charge in [-0.2, -0.15) is 0 Å². The Kier molecular flexibility index (Phi) is 4.57. The van der Waals surface area contributed by atoms with Crippen LogP contribution in [0.25, 0.3) is 0 Å². The monoisotopic (exact) mass is 377 g/mol. The molecule has 0 bridgehead atoms. The summed E-state index contributed by atoms with van der Waals surface area (Å²) in [6.07, 6.45) is 2.39. The van der Waals surface area contributed by atoms with Gasteiger partial charge in [0.1, 0.15) is 5.75 Å². The average Bonchev–Trinajstić information content (AvgIpc) is 3.30. The number of halogens is 1. The number of likely N-dealkylation sites (tertiary alicyclic amines) is 1. The number of carbonyl (C=O) groups is 2. The second kappa shape index (κ2) is 6.74. The van der Waals surface area contributed by atoms with Crippen molar-refractivity contribution < 1.29 is 14.3 Å². The SMILES string of the molecule is COc1ccc(Cl)cc1N1CC(C(=O)N2CC3CCC(N)C3C2)CC1=O. The number of carbonyl (C=O) groups excluding carboxylic acids is 2. The number of methoxy groups -OCH3 is 1. The maximum atomic E-state index is 13.0. The number of anilines is 1. The molecule has 2 saturated heterocycles. The number of hydrogen-bond acceptors (Lipinski definition) is 4. The van der Waals surface area contributed by atoms with Crippen molar-refractivity contribution >= 4 is 29.1 Å². The fourth-order valence-corrected chi connectivity index (χ4v) is 4.89. The Morgan fingerprint density at radius 1 is 1.27 bits per heavy atom. The molecular weight excluding hydrogens is 354 g/mol. The Hall–Kier alpha value is -1.79. The van der Waals surface area contributed by atoms with E-state index in [2.05, 4.69) is 0 Å². The van der Waals surface area contributed by atoms with Crippen LogP contribution >= 0.6 is 11.6 Å². The molecule has 4 rings (SSSR count). The van der Waals surface area contributed by atoms with E-state index in [1.165, 1.54) is 0 Å². The molecule has 4 unspecified atom stereocenters. The van der Waals surface area contributed by atoms with Crippen molar-refractivity contribution in [1.82, 2.24) is 4.90 Å². The van der Waals surface area contributed by atoms with Gasteiger partial charge in [-0.1, -0.05) is 11.6 Å². The fraction of sp³-hybridized carbons (Fsp3) is 0.579. The van der Waals surface area contributed by atoms with Crippen LogP contribution in [0, 0.1) is 17.8 Å². The van der Waals surface area contributed by atoms with E-state index in [0.717, 1.165) is 25.9 Å². The van der Waals surface area contributed by atoms with Gasteiger partial charge in [-0.05, 0) is 42.9 Å². The summed E-state index contributed by atoms with van der Waals surface area (Å²) in [7, 11) is 1.56. The van der Waals surface area contributed by atoms with Gasteiger partial charge in [0, 0.05) is 37.1 Å². The van der Waals surface area contributed by atoms with Gasteiger partial charge in [0.2, 0.25) is 11.8 Å². The molecule has 0 aromatic heterocycles. The maximum absolute atomic E-state index is 13.0. The molecule has 0 radical (unpaired) electrons. The minimum Gasteiger partial charge on any atom is -0.495 e. The van der Waals surface area contributed by atoms with Crippen LogP contribution in [-0.4, -0.2) is 49.5 Å². The molecule has 1 aliphatic carbocycles. The van der Waals surface area contributed by atoms with Crippen LogP contribution in [0.2, 0.25) is 5.02 Å². The highest BCUT2D eigenvalue weighted by Crippen LogP contribution is 2.39. The lowest BCUT2D eigenvalue weighted by Gasteiger charge is -2.23. The van der Waals surface area contributed by atoms with Gasteiger partial charge in [-0.3, -0.25) is 9.59 Å². The first-order valence-electron chi connectivity index (χ1n) is 9.16. The Labute approximate surface area is 158 Å². The van der Waals surface area contributed by atoms with Crippen molar-refractivity contribution in [3.05, 3.63) is 23.2 Å². The van der Waals surface area contributed by atoms with Gasteiger partial charge in [0.05, 0.1) is 18.7 Å². The molecule has 2 aliphatic heterocycles. The van der Waals surface area contributed by atoms with Crippen LogP contribution in [0.1, 0.15) is 19.3 Å². The lowest BCUT2D eigenvalue weighted by molar-refractivity contribution is -0.135. The van der Waals surface area contributed by atoms with Gasteiger partial charge in [-0.25, -0.2) is 0 Å². The van der Waals surface area contributed by atoms with Crippen LogP contribution in [0.4, 0.5) is 5.69 Å². The highest BCUT2D eigenvalue weighted by molar-refractivity contribution is 6.31. The summed E-state index contributed by atoms with van der Waals surface area (Å²) in [6, 6.07) is 5.38. The van der Waals surface area contributed by atoms with Gasteiger partial charge in [-0.15, -0.1) is 0 Å². The number of ether oxygens (including phenoxy) is 1. The van der Waals surface area contributed by atoms with Crippen LogP contribution < -0.4 is 15.4 Å². The van der Waals surface area contributed by atoms with Gasteiger partial charge >= 0.3 is 0 Å². The van der Waals surface area contributed by atoms with Crippen molar-refractivity contribution in [3.63, 3.8) is 0 Å². The summed E-state index contributed by atoms with van der Waals surface area (Å²) < 4.78 is 5.36. The quantitative estimate of drug-likeness (QED) is 0.872. The molecule has 1 aromatic carbocycles. The minimum atomic E-state index is -0.318. The van der Waals surface area contributed by atoms with E-state index in [1.54, 1.807) is 30.2 Å². The van der Waals surface area contributed by atoms with E-state index in [9.17, 15) is 9.59 Å². The number of rotatable bonds is 3. The van der Waals surface area contributed by atoms with Crippen LogP contribution in [0.3, 0.4) is 0 Å². The molecule has 6 nitrogen and oxygen atoms in total. The van der Waals surface area contributed by atoms with Crippen molar-refractivity contribution in [1.29, 1.82) is 0 Å². The molecule has 26 heavy (non-hydrogen) atoms. The van der Waals surface area contributed by atoms with Crippen LogP contribution in [0.5, 0.6) is 5.75 Å². The zero-order valence-corrected chi connectivity index (χ0v) is 15.6. The summed E-state index contributed by atoms with van der Waals surface area (Å²) in [4.78, 5) is 29.1.